The third-order valence-electron chi connectivity index (χ3n) is 3.55. The third-order valence-corrected chi connectivity index (χ3v) is 4.17. The summed E-state index contributed by atoms with van der Waals surface area (Å²) in [5.41, 5.74) is 1.19. The summed E-state index contributed by atoms with van der Waals surface area (Å²) in [5, 5.41) is 6.37. The van der Waals surface area contributed by atoms with Crippen molar-refractivity contribution in [1.29, 1.82) is 0 Å². The van der Waals surface area contributed by atoms with Crippen LogP contribution in [0.2, 0.25) is 5.02 Å². The van der Waals surface area contributed by atoms with Crippen molar-refractivity contribution in [3.63, 3.8) is 0 Å². The number of halogens is 1. The Morgan fingerprint density at radius 1 is 1.08 bits per heavy atom. The molecular weight excluding hydrogens is 376 g/mol. The van der Waals surface area contributed by atoms with Gasteiger partial charge in [-0.05, 0) is 36.0 Å². The largest absolute Gasteiger partial charge is 0.493 e. The smallest absolute Gasteiger partial charge is 0.257 e. The summed E-state index contributed by atoms with van der Waals surface area (Å²) in [6, 6.07) is 10.5. The SMILES string of the molecule is COc1cc(C(=O)NC(=S)NCc2ccccc2Cl)cc(OC)c1OC. The summed E-state index contributed by atoms with van der Waals surface area (Å²) < 4.78 is 15.7. The van der Waals surface area contributed by atoms with Crippen molar-refractivity contribution in [3.8, 4) is 17.2 Å². The second-order valence-corrected chi connectivity index (χ2v) is 5.96. The molecule has 0 unspecified atom stereocenters. The molecule has 2 N–H and O–H groups in total. The van der Waals surface area contributed by atoms with Crippen LogP contribution in [0.3, 0.4) is 0 Å². The van der Waals surface area contributed by atoms with Crippen LogP contribution in [-0.4, -0.2) is 32.3 Å². The Kier molecular flexibility index (Phi) is 7.06. The lowest BCUT2D eigenvalue weighted by Gasteiger charge is -2.15. The summed E-state index contributed by atoms with van der Waals surface area (Å²) in [4.78, 5) is 12.5. The number of ether oxygens (including phenoxy) is 3. The number of thiocarbonyl (C=S) groups is 1. The van der Waals surface area contributed by atoms with Crippen LogP contribution < -0.4 is 24.8 Å². The molecule has 0 atom stereocenters. The third kappa shape index (κ3) is 4.77. The first-order chi connectivity index (χ1) is 12.5. The van der Waals surface area contributed by atoms with Gasteiger partial charge in [0.25, 0.3) is 5.91 Å². The molecular formula is C18H19ClN2O4S. The number of hydrogen-bond acceptors (Lipinski definition) is 5. The van der Waals surface area contributed by atoms with E-state index in [0.717, 1.165) is 5.56 Å². The van der Waals surface area contributed by atoms with Crippen LogP contribution in [0.4, 0.5) is 0 Å². The van der Waals surface area contributed by atoms with Crippen molar-refractivity contribution in [1.82, 2.24) is 10.6 Å². The number of benzene rings is 2. The van der Waals surface area contributed by atoms with Gasteiger partial charge in [0, 0.05) is 17.1 Å². The van der Waals surface area contributed by atoms with Crippen LogP contribution >= 0.6 is 23.8 Å². The first-order valence-electron chi connectivity index (χ1n) is 7.62. The zero-order chi connectivity index (χ0) is 19.1. The Morgan fingerprint density at radius 3 is 2.23 bits per heavy atom. The van der Waals surface area contributed by atoms with Crippen LogP contribution in [0, 0.1) is 0 Å². The summed E-state index contributed by atoms with van der Waals surface area (Å²) >= 11 is 11.3. The maximum absolute atomic E-state index is 12.5. The van der Waals surface area contributed by atoms with E-state index in [1.165, 1.54) is 21.3 Å². The van der Waals surface area contributed by atoms with Gasteiger partial charge in [-0.2, -0.15) is 0 Å². The zero-order valence-electron chi connectivity index (χ0n) is 14.6. The molecule has 2 aromatic rings. The van der Waals surface area contributed by atoms with Crippen LogP contribution in [0.1, 0.15) is 15.9 Å². The van der Waals surface area contributed by atoms with Crippen molar-refractivity contribution in [2.75, 3.05) is 21.3 Å². The number of carbonyl (C=O) groups is 1. The Morgan fingerprint density at radius 2 is 1.69 bits per heavy atom. The Bertz CT molecular complexity index is 789. The summed E-state index contributed by atoms with van der Waals surface area (Å²) in [6.07, 6.45) is 0. The number of nitrogens with one attached hydrogen (secondary N) is 2. The molecule has 0 aliphatic heterocycles. The van der Waals surface area contributed by atoms with Gasteiger partial charge in [0.2, 0.25) is 5.75 Å². The number of rotatable bonds is 6. The average molecular weight is 395 g/mol. The predicted octanol–water partition coefficient (Wildman–Crippen LogP) is 3.17. The fourth-order valence-electron chi connectivity index (χ4n) is 2.25. The van der Waals surface area contributed by atoms with Gasteiger partial charge in [0.15, 0.2) is 16.6 Å². The minimum atomic E-state index is -0.402. The lowest BCUT2D eigenvalue weighted by Crippen LogP contribution is -2.38. The highest BCUT2D eigenvalue weighted by Crippen LogP contribution is 2.38. The molecule has 26 heavy (non-hydrogen) atoms. The molecule has 0 aliphatic rings. The van der Waals surface area contributed by atoms with E-state index in [1.807, 2.05) is 18.2 Å². The number of amides is 1. The maximum atomic E-state index is 12.5. The molecule has 0 bridgehead atoms. The van der Waals surface area contributed by atoms with E-state index in [4.69, 9.17) is 38.0 Å². The summed E-state index contributed by atoms with van der Waals surface area (Å²) in [7, 11) is 4.46. The molecule has 0 saturated heterocycles. The molecule has 0 saturated carbocycles. The second kappa shape index (κ2) is 9.26. The average Bonchev–Trinajstić information content (AvgIpc) is 2.65. The van der Waals surface area contributed by atoms with Crippen LogP contribution in [-0.2, 0) is 6.54 Å². The van der Waals surface area contributed by atoms with Crippen molar-refractivity contribution < 1.29 is 19.0 Å². The molecule has 1 amide bonds. The maximum Gasteiger partial charge on any atom is 0.257 e. The lowest BCUT2D eigenvalue weighted by molar-refractivity contribution is 0.0976. The Balaban J connectivity index is 2.07. The Labute approximate surface area is 162 Å². The minimum absolute atomic E-state index is 0.184. The van der Waals surface area contributed by atoms with E-state index < -0.39 is 5.91 Å². The highest BCUT2D eigenvalue weighted by molar-refractivity contribution is 7.80. The fourth-order valence-corrected chi connectivity index (χ4v) is 2.62. The minimum Gasteiger partial charge on any atom is -0.493 e. The highest BCUT2D eigenvalue weighted by Gasteiger charge is 2.17. The van der Waals surface area contributed by atoms with Crippen molar-refractivity contribution in [2.45, 2.75) is 6.54 Å². The number of methoxy groups -OCH3 is 3. The van der Waals surface area contributed by atoms with Gasteiger partial charge in [-0.15, -0.1) is 0 Å². The molecule has 0 radical (unpaired) electrons. The van der Waals surface area contributed by atoms with Crippen molar-refractivity contribution in [2.24, 2.45) is 0 Å². The van der Waals surface area contributed by atoms with Crippen LogP contribution in [0.5, 0.6) is 17.2 Å². The van der Waals surface area contributed by atoms with Crippen molar-refractivity contribution >= 4 is 34.8 Å². The predicted molar refractivity (Wildman–Crippen MR) is 104 cm³/mol. The van der Waals surface area contributed by atoms with Gasteiger partial charge >= 0.3 is 0 Å². The first kappa shape index (κ1) is 19.8. The fraction of sp³-hybridized carbons (Fsp3) is 0.222. The van der Waals surface area contributed by atoms with E-state index in [0.29, 0.717) is 34.4 Å². The monoisotopic (exact) mass is 394 g/mol. The molecule has 0 spiro atoms. The molecule has 0 heterocycles. The molecule has 2 rings (SSSR count). The second-order valence-electron chi connectivity index (χ2n) is 5.14. The van der Waals surface area contributed by atoms with Gasteiger partial charge in [-0.3, -0.25) is 10.1 Å². The van der Waals surface area contributed by atoms with E-state index in [1.54, 1.807) is 18.2 Å². The van der Waals surface area contributed by atoms with Crippen LogP contribution in [0.25, 0.3) is 0 Å². The Hall–Kier alpha value is -2.51. The van der Waals surface area contributed by atoms with E-state index in [2.05, 4.69) is 10.6 Å². The molecule has 0 aromatic heterocycles. The molecule has 138 valence electrons. The summed E-state index contributed by atoms with van der Waals surface area (Å²) in [5.74, 6) is 0.769. The first-order valence-corrected chi connectivity index (χ1v) is 8.41. The molecule has 0 aliphatic carbocycles. The van der Waals surface area contributed by atoms with Crippen molar-refractivity contribution in [3.05, 3.63) is 52.5 Å². The zero-order valence-corrected chi connectivity index (χ0v) is 16.2. The lowest BCUT2D eigenvalue weighted by atomic mass is 10.1. The van der Waals surface area contributed by atoms with Gasteiger partial charge < -0.3 is 19.5 Å². The molecule has 2 aromatic carbocycles. The topological polar surface area (TPSA) is 68.8 Å². The van der Waals surface area contributed by atoms with E-state index >= 15 is 0 Å². The quantitative estimate of drug-likeness (QED) is 0.733. The molecule has 6 nitrogen and oxygen atoms in total. The number of hydrogen-bond donors (Lipinski definition) is 2. The summed E-state index contributed by atoms with van der Waals surface area (Å²) in [6.45, 7) is 0.397. The van der Waals surface area contributed by atoms with E-state index in [-0.39, 0.29) is 5.11 Å². The molecule has 8 heteroatoms. The normalized spacial score (nSPS) is 10.0. The van der Waals surface area contributed by atoms with Gasteiger partial charge in [-0.1, -0.05) is 29.8 Å². The molecule has 0 fully saturated rings. The van der Waals surface area contributed by atoms with E-state index in [9.17, 15) is 4.79 Å². The highest BCUT2D eigenvalue weighted by atomic mass is 35.5. The van der Waals surface area contributed by atoms with Gasteiger partial charge in [0.1, 0.15) is 0 Å². The standard InChI is InChI=1S/C18H19ClN2O4S/c1-23-14-8-12(9-15(24-2)16(14)25-3)17(22)21-18(26)20-10-11-6-4-5-7-13(11)19/h4-9H,10H2,1-3H3,(H2,20,21,22,26). The van der Waals surface area contributed by atoms with Gasteiger partial charge in [-0.25, -0.2) is 0 Å². The van der Waals surface area contributed by atoms with Gasteiger partial charge in [0.05, 0.1) is 21.3 Å². The number of carbonyl (C=O) groups excluding carboxylic acids is 1. The van der Waals surface area contributed by atoms with Crippen LogP contribution in [0.15, 0.2) is 36.4 Å².